The van der Waals surface area contributed by atoms with Crippen molar-refractivity contribution in [3.8, 4) is 5.82 Å². The molecule has 0 atom stereocenters. The second-order valence-corrected chi connectivity index (χ2v) is 6.29. The van der Waals surface area contributed by atoms with Crippen LogP contribution in [0.25, 0.3) is 5.82 Å². The van der Waals surface area contributed by atoms with Crippen LogP contribution in [-0.2, 0) is 6.54 Å². The summed E-state index contributed by atoms with van der Waals surface area (Å²) in [4.78, 5) is 24.1. The molecule has 7 nitrogen and oxygen atoms in total. The summed E-state index contributed by atoms with van der Waals surface area (Å²) in [5.41, 5.74) is 2.02. The molecule has 26 heavy (non-hydrogen) atoms. The zero-order valence-electron chi connectivity index (χ0n) is 14.4. The molecular formula is C18H18ClN5O2. The molecule has 0 saturated carbocycles. The molecule has 0 aliphatic carbocycles. The molecule has 0 aliphatic rings. The summed E-state index contributed by atoms with van der Waals surface area (Å²) in [7, 11) is 0. The van der Waals surface area contributed by atoms with E-state index in [1.807, 2.05) is 19.9 Å². The van der Waals surface area contributed by atoms with E-state index in [1.165, 1.54) is 10.7 Å². The normalized spacial score (nSPS) is 10.7. The first-order valence-electron chi connectivity index (χ1n) is 8.09. The Morgan fingerprint density at radius 2 is 1.96 bits per heavy atom. The number of hydrogen-bond acceptors (Lipinski definition) is 4. The fraction of sp³-hybridized carbons (Fsp3) is 0.222. The Hall–Kier alpha value is -2.93. The van der Waals surface area contributed by atoms with Gasteiger partial charge in [-0.05, 0) is 44.2 Å². The number of nitrogens with zero attached hydrogens (tertiary/aromatic N) is 4. The highest BCUT2D eigenvalue weighted by Gasteiger charge is 2.09. The summed E-state index contributed by atoms with van der Waals surface area (Å²) in [6, 6.07) is 11.7. The van der Waals surface area contributed by atoms with Crippen LogP contribution in [0.3, 0.4) is 0 Å². The van der Waals surface area contributed by atoms with E-state index in [4.69, 9.17) is 11.6 Å². The van der Waals surface area contributed by atoms with Gasteiger partial charge in [0.05, 0.1) is 12.2 Å². The number of benzene rings is 1. The Kier molecular flexibility index (Phi) is 5.18. The van der Waals surface area contributed by atoms with E-state index in [0.29, 0.717) is 16.4 Å². The molecule has 0 spiro atoms. The highest BCUT2D eigenvalue weighted by Crippen LogP contribution is 2.10. The predicted octanol–water partition coefficient (Wildman–Crippen LogP) is 2.13. The van der Waals surface area contributed by atoms with Gasteiger partial charge >= 0.3 is 0 Å². The van der Waals surface area contributed by atoms with Crippen molar-refractivity contribution in [1.82, 2.24) is 24.9 Å². The largest absolute Gasteiger partial charge is 0.350 e. The fourth-order valence-corrected chi connectivity index (χ4v) is 2.77. The second-order valence-electron chi connectivity index (χ2n) is 5.86. The number of aromatic nitrogens is 4. The van der Waals surface area contributed by atoms with E-state index < -0.39 is 0 Å². The number of carbonyl (C=O) groups is 1. The SMILES string of the molecule is Cc1cc(C)n(-c2ccc(=O)n(CCNC(=O)c3cccc(Cl)c3)n2)n1. The van der Waals surface area contributed by atoms with Crippen LogP contribution in [0.15, 0.2) is 47.3 Å². The van der Waals surface area contributed by atoms with E-state index >= 15 is 0 Å². The molecule has 2 heterocycles. The summed E-state index contributed by atoms with van der Waals surface area (Å²) < 4.78 is 2.99. The molecule has 2 aromatic heterocycles. The molecule has 0 aliphatic heterocycles. The van der Waals surface area contributed by atoms with Crippen LogP contribution < -0.4 is 10.9 Å². The molecule has 0 fully saturated rings. The number of amides is 1. The van der Waals surface area contributed by atoms with Crippen LogP contribution in [0.5, 0.6) is 0 Å². The van der Waals surface area contributed by atoms with Crippen molar-refractivity contribution in [1.29, 1.82) is 0 Å². The summed E-state index contributed by atoms with van der Waals surface area (Å²) in [5, 5.41) is 11.9. The number of nitrogens with one attached hydrogen (secondary N) is 1. The van der Waals surface area contributed by atoms with Crippen LogP contribution in [-0.4, -0.2) is 32.0 Å². The molecule has 134 valence electrons. The minimum Gasteiger partial charge on any atom is -0.350 e. The van der Waals surface area contributed by atoms with Crippen molar-refractivity contribution in [2.75, 3.05) is 6.54 Å². The lowest BCUT2D eigenvalue weighted by Crippen LogP contribution is -2.32. The molecule has 3 rings (SSSR count). The van der Waals surface area contributed by atoms with Gasteiger partial charge in [0.25, 0.3) is 11.5 Å². The van der Waals surface area contributed by atoms with Crippen molar-refractivity contribution in [2.45, 2.75) is 20.4 Å². The monoisotopic (exact) mass is 371 g/mol. The molecule has 1 aromatic carbocycles. The molecule has 3 aromatic rings. The minimum absolute atomic E-state index is 0.243. The van der Waals surface area contributed by atoms with Gasteiger partial charge in [-0.3, -0.25) is 9.59 Å². The van der Waals surface area contributed by atoms with Crippen LogP contribution in [0.4, 0.5) is 0 Å². The van der Waals surface area contributed by atoms with Crippen molar-refractivity contribution in [2.24, 2.45) is 0 Å². The Balaban J connectivity index is 1.70. The first kappa shape index (κ1) is 17.9. The van der Waals surface area contributed by atoms with Gasteiger partial charge in [0.2, 0.25) is 0 Å². The lowest BCUT2D eigenvalue weighted by Gasteiger charge is -2.09. The minimum atomic E-state index is -0.254. The number of carbonyl (C=O) groups excluding carboxylic acids is 1. The standard InChI is InChI=1S/C18H18ClN5O2/c1-12-10-13(2)24(21-12)16-6-7-17(25)23(22-16)9-8-20-18(26)14-4-3-5-15(19)11-14/h3-7,10-11H,8-9H2,1-2H3,(H,20,26). The van der Waals surface area contributed by atoms with Gasteiger partial charge in [-0.2, -0.15) is 5.10 Å². The van der Waals surface area contributed by atoms with Crippen LogP contribution in [0.2, 0.25) is 5.02 Å². The van der Waals surface area contributed by atoms with Gasteiger partial charge < -0.3 is 5.32 Å². The molecule has 0 bridgehead atoms. The van der Waals surface area contributed by atoms with Gasteiger partial charge in [-0.1, -0.05) is 17.7 Å². The summed E-state index contributed by atoms with van der Waals surface area (Å²) in [5.74, 6) is 0.298. The Labute approximate surface area is 155 Å². The highest BCUT2D eigenvalue weighted by molar-refractivity contribution is 6.30. The second kappa shape index (κ2) is 7.53. The highest BCUT2D eigenvalue weighted by atomic mass is 35.5. The number of rotatable bonds is 5. The maximum atomic E-state index is 12.1. The summed E-state index contributed by atoms with van der Waals surface area (Å²) >= 11 is 5.89. The molecular weight excluding hydrogens is 354 g/mol. The quantitative estimate of drug-likeness (QED) is 0.744. The van der Waals surface area contributed by atoms with Gasteiger partial charge in [0, 0.05) is 28.9 Å². The van der Waals surface area contributed by atoms with Gasteiger partial charge in [-0.15, -0.1) is 5.10 Å². The Bertz CT molecular complexity index is 1010. The predicted molar refractivity (Wildman–Crippen MR) is 98.9 cm³/mol. The fourth-order valence-electron chi connectivity index (χ4n) is 2.58. The zero-order chi connectivity index (χ0) is 18.7. The third-order valence-electron chi connectivity index (χ3n) is 3.78. The first-order chi connectivity index (χ1) is 12.4. The molecule has 0 radical (unpaired) electrons. The average Bonchev–Trinajstić information content (AvgIpc) is 2.95. The number of aryl methyl sites for hydroxylation is 2. The van der Waals surface area contributed by atoms with Gasteiger partial charge in [0.15, 0.2) is 5.82 Å². The van der Waals surface area contributed by atoms with E-state index in [9.17, 15) is 9.59 Å². The maximum Gasteiger partial charge on any atom is 0.266 e. The van der Waals surface area contributed by atoms with Crippen molar-refractivity contribution < 1.29 is 4.79 Å². The zero-order valence-corrected chi connectivity index (χ0v) is 15.2. The Morgan fingerprint density at radius 1 is 1.15 bits per heavy atom. The number of halogens is 1. The van der Waals surface area contributed by atoms with E-state index in [-0.39, 0.29) is 24.6 Å². The summed E-state index contributed by atoms with van der Waals surface area (Å²) in [6.07, 6.45) is 0. The maximum absolute atomic E-state index is 12.1. The first-order valence-corrected chi connectivity index (χ1v) is 8.47. The van der Waals surface area contributed by atoms with Crippen LogP contribution >= 0.6 is 11.6 Å². The van der Waals surface area contributed by atoms with Crippen LogP contribution in [0.1, 0.15) is 21.7 Å². The van der Waals surface area contributed by atoms with E-state index in [2.05, 4.69) is 15.5 Å². The third kappa shape index (κ3) is 4.00. The molecule has 1 amide bonds. The van der Waals surface area contributed by atoms with Crippen LogP contribution in [0, 0.1) is 13.8 Å². The lowest BCUT2D eigenvalue weighted by atomic mass is 10.2. The van der Waals surface area contributed by atoms with Crippen molar-refractivity contribution in [3.05, 3.63) is 74.8 Å². The third-order valence-corrected chi connectivity index (χ3v) is 4.01. The van der Waals surface area contributed by atoms with Gasteiger partial charge in [-0.25, -0.2) is 9.36 Å². The number of hydrogen-bond donors (Lipinski definition) is 1. The topological polar surface area (TPSA) is 81.8 Å². The Morgan fingerprint density at radius 3 is 2.65 bits per heavy atom. The molecule has 0 unspecified atom stereocenters. The molecule has 8 heteroatoms. The summed E-state index contributed by atoms with van der Waals surface area (Å²) in [6.45, 7) is 4.32. The molecule has 1 N–H and O–H groups in total. The molecule has 0 saturated heterocycles. The van der Waals surface area contributed by atoms with E-state index in [0.717, 1.165) is 11.4 Å². The van der Waals surface area contributed by atoms with Crippen molar-refractivity contribution >= 4 is 17.5 Å². The van der Waals surface area contributed by atoms with Crippen molar-refractivity contribution in [3.63, 3.8) is 0 Å². The lowest BCUT2D eigenvalue weighted by molar-refractivity contribution is 0.0951. The van der Waals surface area contributed by atoms with E-state index in [1.54, 1.807) is 35.0 Å². The van der Waals surface area contributed by atoms with Gasteiger partial charge in [0.1, 0.15) is 0 Å². The average molecular weight is 372 g/mol. The smallest absolute Gasteiger partial charge is 0.266 e.